The first-order valence-corrected chi connectivity index (χ1v) is 7.84. The van der Waals surface area contributed by atoms with E-state index < -0.39 is 0 Å². The molecule has 106 valence electrons. The van der Waals surface area contributed by atoms with Crippen molar-refractivity contribution in [3.8, 4) is 17.0 Å². The summed E-state index contributed by atoms with van der Waals surface area (Å²) in [6.07, 6.45) is 0.819. The number of hydrogen-bond donors (Lipinski definition) is 0. The fourth-order valence-corrected chi connectivity index (χ4v) is 3.16. The molecule has 0 aliphatic heterocycles. The smallest absolute Gasteiger partial charge is 0.118 e. The molecule has 1 heterocycles. The average molecular weight is 316 g/mol. The molecule has 0 atom stereocenters. The van der Waals surface area contributed by atoms with Crippen LogP contribution < -0.4 is 4.74 Å². The number of thiazole rings is 1. The van der Waals surface area contributed by atoms with Crippen LogP contribution in [0.25, 0.3) is 11.3 Å². The molecule has 0 spiro atoms. The van der Waals surface area contributed by atoms with Crippen LogP contribution in [0.15, 0.2) is 53.9 Å². The highest BCUT2D eigenvalue weighted by molar-refractivity contribution is 7.10. The van der Waals surface area contributed by atoms with E-state index >= 15 is 0 Å². The van der Waals surface area contributed by atoms with Crippen LogP contribution in [-0.4, -0.2) is 12.1 Å². The standard InChI is InChI=1S/C17H14ClNOS/c1-20-13-8-6-12(7-9-13)10-17-19-16(11-21-17)14-4-2-3-5-15(14)18/h2-9,11H,10H2,1H3. The third-order valence-corrected chi connectivity index (χ3v) is 4.39. The summed E-state index contributed by atoms with van der Waals surface area (Å²) in [5, 5.41) is 3.87. The van der Waals surface area contributed by atoms with Crippen LogP contribution in [0, 0.1) is 0 Å². The first-order valence-electron chi connectivity index (χ1n) is 6.58. The molecule has 0 saturated heterocycles. The first kappa shape index (κ1) is 14.1. The number of hydrogen-bond acceptors (Lipinski definition) is 3. The van der Waals surface area contributed by atoms with E-state index in [2.05, 4.69) is 22.5 Å². The van der Waals surface area contributed by atoms with Gasteiger partial charge >= 0.3 is 0 Å². The van der Waals surface area contributed by atoms with Crippen molar-refractivity contribution in [1.29, 1.82) is 0 Å². The summed E-state index contributed by atoms with van der Waals surface area (Å²) in [5.74, 6) is 0.870. The van der Waals surface area contributed by atoms with Crippen molar-refractivity contribution >= 4 is 22.9 Å². The van der Waals surface area contributed by atoms with Crippen LogP contribution in [0.1, 0.15) is 10.6 Å². The first-order chi connectivity index (χ1) is 10.3. The van der Waals surface area contributed by atoms with Crippen molar-refractivity contribution in [2.45, 2.75) is 6.42 Å². The number of nitrogens with zero attached hydrogens (tertiary/aromatic N) is 1. The molecule has 0 unspecified atom stereocenters. The van der Waals surface area contributed by atoms with E-state index in [1.807, 2.05) is 36.4 Å². The van der Waals surface area contributed by atoms with E-state index in [-0.39, 0.29) is 0 Å². The molecule has 2 nitrogen and oxygen atoms in total. The van der Waals surface area contributed by atoms with E-state index in [4.69, 9.17) is 16.3 Å². The minimum absolute atomic E-state index is 0.735. The largest absolute Gasteiger partial charge is 0.497 e. The van der Waals surface area contributed by atoms with Crippen LogP contribution in [-0.2, 0) is 6.42 Å². The van der Waals surface area contributed by atoms with E-state index in [1.165, 1.54) is 5.56 Å². The molecule has 3 rings (SSSR count). The molecule has 0 N–H and O–H groups in total. The molecule has 4 heteroatoms. The number of ether oxygens (including phenoxy) is 1. The summed E-state index contributed by atoms with van der Waals surface area (Å²) in [6, 6.07) is 15.9. The SMILES string of the molecule is COc1ccc(Cc2nc(-c3ccccc3Cl)cs2)cc1. The molecule has 0 aliphatic carbocycles. The van der Waals surface area contributed by atoms with Gasteiger partial charge in [-0.2, -0.15) is 0 Å². The van der Waals surface area contributed by atoms with Crippen molar-refractivity contribution in [3.05, 3.63) is 69.5 Å². The number of rotatable bonds is 4. The van der Waals surface area contributed by atoms with Crippen molar-refractivity contribution in [2.24, 2.45) is 0 Å². The molecule has 1 aromatic heterocycles. The minimum atomic E-state index is 0.735. The third-order valence-electron chi connectivity index (χ3n) is 3.22. The van der Waals surface area contributed by atoms with E-state index in [0.29, 0.717) is 0 Å². The molecule has 0 saturated carbocycles. The molecule has 0 fully saturated rings. The highest BCUT2D eigenvalue weighted by Crippen LogP contribution is 2.29. The zero-order chi connectivity index (χ0) is 14.7. The van der Waals surface area contributed by atoms with Gasteiger partial charge in [0.1, 0.15) is 5.75 Å². The van der Waals surface area contributed by atoms with Crippen LogP contribution in [0.2, 0.25) is 5.02 Å². The molecular weight excluding hydrogens is 302 g/mol. The van der Waals surface area contributed by atoms with Gasteiger partial charge < -0.3 is 4.74 Å². The lowest BCUT2D eigenvalue weighted by molar-refractivity contribution is 0.414. The van der Waals surface area contributed by atoms with Crippen LogP contribution in [0.5, 0.6) is 5.75 Å². The Morgan fingerprint density at radius 2 is 1.86 bits per heavy atom. The maximum atomic E-state index is 6.21. The Balaban J connectivity index is 1.80. The van der Waals surface area contributed by atoms with Gasteiger partial charge in [-0.3, -0.25) is 0 Å². The summed E-state index contributed by atoms with van der Waals surface area (Å²) in [4.78, 5) is 4.68. The van der Waals surface area contributed by atoms with E-state index in [0.717, 1.165) is 33.5 Å². The lowest BCUT2D eigenvalue weighted by Gasteiger charge is -2.02. The maximum absolute atomic E-state index is 6.21. The number of benzene rings is 2. The summed E-state index contributed by atoms with van der Waals surface area (Å²) in [6.45, 7) is 0. The van der Waals surface area contributed by atoms with Gasteiger partial charge in [-0.15, -0.1) is 11.3 Å². The Bertz CT molecular complexity index is 737. The minimum Gasteiger partial charge on any atom is -0.497 e. The second-order valence-electron chi connectivity index (χ2n) is 4.63. The summed E-state index contributed by atoms with van der Waals surface area (Å²) >= 11 is 7.87. The quantitative estimate of drug-likeness (QED) is 0.671. The normalized spacial score (nSPS) is 10.6. The summed E-state index contributed by atoms with van der Waals surface area (Å²) in [5.41, 5.74) is 3.14. The van der Waals surface area contributed by atoms with Gasteiger partial charge in [-0.25, -0.2) is 4.98 Å². The number of halogens is 1. The van der Waals surface area contributed by atoms with Crippen LogP contribution in [0.4, 0.5) is 0 Å². The number of methoxy groups -OCH3 is 1. The van der Waals surface area contributed by atoms with Crippen molar-refractivity contribution in [2.75, 3.05) is 7.11 Å². The van der Waals surface area contributed by atoms with Crippen molar-refractivity contribution < 1.29 is 4.74 Å². The van der Waals surface area contributed by atoms with Crippen molar-refractivity contribution in [1.82, 2.24) is 4.98 Å². The van der Waals surface area contributed by atoms with E-state index in [1.54, 1.807) is 18.4 Å². The molecule has 0 bridgehead atoms. The molecule has 0 amide bonds. The predicted molar refractivity (Wildman–Crippen MR) is 88.4 cm³/mol. The van der Waals surface area contributed by atoms with Gasteiger partial charge in [0.15, 0.2) is 0 Å². The average Bonchev–Trinajstić information content (AvgIpc) is 2.97. The fraction of sp³-hybridized carbons (Fsp3) is 0.118. The van der Waals surface area contributed by atoms with Gasteiger partial charge in [-0.1, -0.05) is 41.9 Å². The van der Waals surface area contributed by atoms with Crippen LogP contribution in [0.3, 0.4) is 0 Å². The highest BCUT2D eigenvalue weighted by atomic mass is 35.5. The Morgan fingerprint density at radius 1 is 1.10 bits per heavy atom. The molecule has 2 aromatic carbocycles. The monoisotopic (exact) mass is 315 g/mol. The van der Waals surface area contributed by atoms with Gasteiger partial charge in [0, 0.05) is 22.4 Å². The topological polar surface area (TPSA) is 22.1 Å². The van der Waals surface area contributed by atoms with Crippen LogP contribution >= 0.6 is 22.9 Å². The fourth-order valence-electron chi connectivity index (χ4n) is 2.10. The van der Waals surface area contributed by atoms with Gasteiger partial charge in [0.2, 0.25) is 0 Å². The van der Waals surface area contributed by atoms with Gasteiger partial charge in [-0.05, 0) is 23.8 Å². The lowest BCUT2D eigenvalue weighted by Crippen LogP contribution is -1.89. The summed E-state index contributed by atoms with van der Waals surface area (Å²) in [7, 11) is 1.67. The third kappa shape index (κ3) is 3.26. The Hall–Kier alpha value is -1.84. The molecule has 0 aliphatic rings. The zero-order valence-electron chi connectivity index (χ0n) is 11.5. The molecule has 21 heavy (non-hydrogen) atoms. The second-order valence-corrected chi connectivity index (χ2v) is 5.98. The Labute approximate surface area is 133 Å². The Kier molecular flexibility index (Phi) is 4.23. The van der Waals surface area contributed by atoms with Gasteiger partial charge in [0.05, 0.1) is 17.8 Å². The zero-order valence-corrected chi connectivity index (χ0v) is 13.1. The van der Waals surface area contributed by atoms with E-state index in [9.17, 15) is 0 Å². The van der Waals surface area contributed by atoms with Gasteiger partial charge in [0.25, 0.3) is 0 Å². The van der Waals surface area contributed by atoms with Crippen molar-refractivity contribution in [3.63, 3.8) is 0 Å². The maximum Gasteiger partial charge on any atom is 0.118 e. The molecule has 3 aromatic rings. The highest BCUT2D eigenvalue weighted by Gasteiger charge is 2.08. The summed E-state index contributed by atoms with van der Waals surface area (Å²) < 4.78 is 5.17. The predicted octanol–water partition coefficient (Wildman–Crippen LogP) is 5.06. The second kappa shape index (κ2) is 6.29. The lowest BCUT2D eigenvalue weighted by atomic mass is 10.1. The Morgan fingerprint density at radius 3 is 2.57 bits per heavy atom. The molecular formula is C17H14ClNOS. The molecule has 0 radical (unpaired) electrons. The number of aromatic nitrogens is 1.